The predicted octanol–water partition coefficient (Wildman–Crippen LogP) is 6.17. The first-order chi connectivity index (χ1) is 12.9. The standard InChI is InChI=1S/C24H33NO/c1-2-9-18-25(17-8-1)19-10-3-4-11-20-26-24-16-12-15-23(21-24)22-13-6-5-7-14-22/h5-7,12-16,21H,1-4,8-11,17-20H2. The van der Waals surface area contributed by atoms with Crippen LogP contribution in [0.5, 0.6) is 5.75 Å². The minimum absolute atomic E-state index is 0.821. The van der Waals surface area contributed by atoms with E-state index in [1.54, 1.807) is 0 Å². The van der Waals surface area contributed by atoms with E-state index < -0.39 is 0 Å². The maximum absolute atomic E-state index is 5.97. The lowest BCUT2D eigenvalue weighted by Crippen LogP contribution is -2.25. The Labute approximate surface area is 159 Å². The Hall–Kier alpha value is -1.80. The zero-order valence-electron chi connectivity index (χ0n) is 16.0. The van der Waals surface area contributed by atoms with Crippen LogP contribution in [0.15, 0.2) is 54.6 Å². The molecule has 26 heavy (non-hydrogen) atoms. The van der Waals surface area contributed by atoms with Crippen molar-refractivity contribution in [1.82, 2.24) is 4.90 Å². The first-order valence-electron chi connectivity index (χ1n) is 10.4. The lowest BCUT2D eigenvalue weighted by molar-refractivity contribution is 0.272. The quantitative estimate of drug-likeness (QED) is 0.501. The second-order valence-electron chi connectivity index (χ2n) is 7.41. The predicted molar refractivity (Wildman–Crippen MR) is 111 cm³/mol. The smallest absolute Gasteiger partial charge is 0.119 e. The van der Waals surface area contributed by atoms with Crippen LogP contribution in [0.2, 0.25) is 0 Å². The molecule has 1 aliphatic heterocycles. The third-order valence-corrected chi connectivity index (χ3v) is 5.28. The second kappa shape index (κ2) is 11.0. The molecule has 0 aromatic heterocycles. The van der Waals surface area contributed by atoms with Crippen LogP contribution < -0.4 is 4.74 Å². The Morgan fingerprint density at radius 3 is 2.23 bits per heavy atom. The van der Waals surface area contributed by atoms with Crippen LogP contribution >= 0.6 is 0 Å². The van der Waals surface area contributed by atoms with E-state index in [0.29, 0.717) is 0 Å². The van der Waals surface area contributed by atoms with E-state index in [-0.39, 0.29) is 0 Å². The molecule has 2 nitrogen and oxygen atoms in total. The number of nitrogens with zero attached hydrogens (tertiary/aromatic N) is 1. The number of ether oxygens (including phenoxy) is 1. The molecule has 3 rings (SSSR count). The van der Waals surface area contributed by atoms with Gasteiger partial charge in [-0.15, -0.1) is 0 Å². The van der Waals surface area contributed by atoms with Crippen molar-refractivity contribution in [3.8, 4) is 16.9 Å². The fraction of sp³-hybridized carbons (Fsp3) is 0.500. The van der Waals surface area contributed by atoms with E-state index in [0.717, 1.165) is 18.8 Å². The van der Waals surface area contributed by atoms with E-state index >= 15 is 0 Å². The molecule has 2 aromatic carbocycles. The van der Waals surface area contributed by atoms with E-state index in [1.165, 1.54) is 75.7 Å². The molecule has 2 aromatic rings. The number of hydrogen-bond donors (Lipinski definition) is 0. The van der Waals surface area contributed by atoms with Gasteiger partial charge in [-0.25, -0.2) is 0 Å². The monoisotopic (exact) mass is 351 g/mol. The van der Waals surface area contributed by atoms with Crippen LogP contribution in [0.3, 0.4) is 0 Å². The Morgan fingerprint density at radius 1 is 0.692 bits per heavy atom. The van der Waals surface area contributed by atoms with Gasteiger partial charge in [-0.3, -0.25) is 0 Å². The van der Waals surface area contributed by atoms with Crippen molar-refractivity contribution in [3.63, 3.8) is 0 Å². The molecule has 0 amide bonds. The molecule has 0 aliphatic carbocycles. The van der Waals surface area contributed by atoms with Gasteiger partial charge in [0.15, 0.2) is 0 Å². The molecule has 0 saturated carbocycles. The number of rotatable bonds is 9. The molecule has 1 heterocycles. The molecule has 140 valence electrons. The van der Waals surface area contributed by atoms with Gasteiger partial charge in [-0.05, 0) is 68.6 Å². The highest BCUT2D eigenvalue weighted by molar-refractivity contribution is 5.64. The van der Waals surface area contributed by atoms with Crippen molar-refractivity contribution in [3.05, 3.63) is 54.6 Å². The van der Waals surface area contributed by atoms with E-state index in [2.05, 4.69) is 59.5 Å². The van der Waals surface area contributed by atoms with E-state index in [1.807, 2.05) is 0 Å². The van der Waals surface area contributed by atoms with Gasteiger partial charge in [0.05, 0.1) is 6.61 Å². The van der Waals surface area contributed by atoms with Gasteiger partial charge in [-0.1, -0.05) is 68.1 Å². The van der Waals surface area contributed by atoms with Crippen molar-refractivity contribution in [2.75, 3.05) is 26.2 Å². The Kier molecular flexibility index (Phi) is 8.05. The Bertz CT molecular complexity index is 617. The third kappa shape index (κ3) is 6.49. The Morgan fingerprint density at radius 2 is 1.42 bits per heavy atom. The fourth-order valence-electron chi connectivity index (χ4n) is 3.74. The summed E-state index contributed by atoms with van der Waals surface area (Å²) in [5.74, 6) is 0.982. The second-order valence-corrected chi connectivity index (χ2v) is 7.41. The molecule has 1 saturated heterocycles. The summed E-state index contributed by atoms with van der Waals surface area (Å²) in [5.41, 5.74) is 2.46. The number of hydrogen-bond acceptors (Lipinski definition) is 2. The zero-order valence-corrected chi connectivity index (χ0v) is 16.0. The summed E-state index contributed by atoms with van der Waals surface area (Å²) < 4.78 is 5.97. The summed E-state index contributed by atoms with van der Waals surface area (Å²) in [5, 5.41) is 0. The lowest BCUT2D eigenvalue weighted by Gasteiger charge is -2.19. The van der Waals surface area contributed by atoms with Gasteiger partial charge in [0.2, 0.25) is 0 Å². The van der Waals surface area contributed by atoms with Crippen LogP contribution in [-0.4, -0.2) is 31.1 Å². The van der Waals surface area contributed by atoms with Crippen molar-refractivity contribution in [1.29, 1.82) is 0 Å². The number of unbranched alkanes of at least 4 members (excludes halogenated alkanes) is 3. The first kappa shape index (κ1) is 19.0. The van der Waals surface area contributed by atoms with E-state index in [9.17, 15) is 0 Å². The highest BCUT2D eigenvalue weighted by atomic mass is 16.5. The maximum atomic E-state index is 5.97. The van der Waals surface area contributed by atoms with Gasteiger partial charge in [0.25, 0.3) is 0 Å². The molecule has 1 aliphatic rings. The molecular formula is C24H33NO. The van der Waals surface area contributed by atoms with Crippen LogP contribution in [-0.2, 0) is 0 Å². The minimum atomic E-state index is 0.821. The van der Waals surface area contributed by atoms with Gasteiger partial charge in [0, 0.05) is 0 Å². The molecule has 0 N–H and O–H groups in total. The fourth-order valence-corrected chi connectivity index (χ4v) is 3.74. The molecule has 2 heteroatoms. The summed E-state index contributed by atoms with van der Waals surface area (Å²) in [7, 11) is 0. The number of likely N-dealkylation sites (tertiary alicyclic amines) is 1. The molecule has 0 radical (unpaired) electrons. The zero-order chi connectivity index (χ0) is 17.9. The summed E-state index contributed by atoms with van der Waals surface area (Å²) in [4.78, 5) is 2.67. The van der Waals surface area contributed by atoms with Gasteiger partial charge in [0.1, 0.15) is 5.75 Å². The largest absolute Gasteiger partial charge is 0.494 e. The van der Waals surface area contributed by atoms with Crippen LogP contribution in [0.25, 0.3) is 11.1 Å². The van der Waals surface area contributed by atoms with Crippen LogP contribution in [0.1, 0.15) is 51.4 Å². The average Bonchev–Trinajstić information content (AvgIpc) is 2.97. The highest BCUT2D eigenvalue weighted by Crippen LogP contribution is 2.23. The van der Waals surface area contributed by atoms with Crippen molar-refractivity contribution < 1.29 is 4.74 Å². The number of benzene rings is 2. The SMILES string of the molecule is c1ccc(-c2cccc(OCCCCCCN3CCCCCC3)c2)cc1. The molecule has 1 fully saturated rings. The molecule has 0 atom stereocenters. The van der Waals surface area contributed by atoms with Crippen LogP contribution in [0.4, 0.5) is 0 Å². The van der Waals surface area contributed by atoms with Crippen molar-refractivity contribution in [2.45, 2.75) is 51.4 Å². The van der Waals surface area contributed by atoms with Crippen LogP contribution in [0, 0.1) is 0 Å². The van der Waals surface area contributed by atoms with E-state index in [4.69, 9.17) is 4.74 Å². The lowest BCUT2D eigenvalue weighted by atomic mass is 10.1. The van der Waals surface area contributed by atoms with Gasteiger partial charge >= 0.3 is 0 Å². The minimum Gasteiger partial charge on any atom is -0.494 e. The van der Waals surface area contributed by atoms with Gasteiger partial charge < -0.3 is 9.64 Å². The normalized spacial score (nSPS) is 15.5. The third-order valence-electron chi connectivity index (χ3n) is 5.28. The first-order valence-corrected chi connectivity index (χ1v) is 10.4. The maximum Gasteiger partial charge on any atom is 0.119 e. The van der Waals surface area contributed by atoms with Gasteiger partial charge in [-0.2, -0.15) is 0 Å². The van der Waals surface area contributed by atoms with Crippen molar-refractivity contribution >= 4 is 0 Å². The van der Waals surface area contributed by atoms with Crippen molar-refractivity contribution in [2.24, 2.45) is 0 Å². The molecular weight excluding hydrogens is 318 g/mol. The summed E-state index contributed by atoms with van der Waals surface area (Å²) in [6, 6.07) is 18.9. The summed E-state index contributed by atoms with van der Waals surface area (Å²) >= 11 is 0. The molecule has 0 bridgehead atoms. The summed E-state index contributed by atoms with van der Waals surface area (Å²) in [6.07, 6.45) is 10.7. The molecule has 0 spiro atoms. The highest BCUT2D eigenvalue weighted by Gasteiger charge is 2.07. The Balaban J connectivity index is 1.30. The topological polar surface area (TPSA) is 12.5 Å². The average molecular weight is 352 g/mol. The summed E-state index contributed by atoms with van der Waals surface area (Å²) in [6.45, 7) is 4.75. The molecule has 0 unspecified atom stereocenters.